The molecule has 0 fully saturated rings. The Hall–Kier alpha value is -1.76. The minimum absolute atomic E-state index is 0.0989. The third-order valence-electron chi connectivity index (χ3n) is 2.13. The summed E-state index contributed by atoms with van der Waals surface area (Å²) in [6.45, 7) is 2.85. The van der Waals surface area contributed by atoms with Crippen molar-refractivity contribution in [3.8, 4) is 0 Å². The number of aryl methyl sites for hydroxylation is 1. The highest BCUT2D eigenvalue weighted by molar-refractivity contribution is 7.08. The van der Waals surface area contributed by atoms with Crippen molar-refractivity contribution in [1.82, 2.24) is 20.2 Å². The van der Waals surface area contributed by atoms with Crippen LogP contribution in [0.5, 0.6) is 0 Å². The first kappa shape index (κ1) is 11.7. The monoisotopic (exact) mass is 252 g/mol. The average Bonchev–Trinajstić information content (AvgIpc) is 2.97. The zero-order valence-corrected chi connectivity index (χ0v) is 10.2. The first-order valence-corrected chi connectivity index (χ1v) is 6.20. The number of ether oxygens (including phenoxy) is 1. The Morgan fingerprint density at radius 1 is 1.59 bits per heavy atom. The highest BCUT2D eigenvalue weighted by Gasteiger charge is 2.11. The Balaban J connectivity index is 1.93. The third-order valence-corrected chi connectivity index (χ3v) is 2.81. The van der Waals surface area contributed by atoms with Crippen molar-refractivity contribution in [3.05, 3.63) is 28.2 Å². The second-order valence-electron chi connectivity index (χ2n) is 3.41. The highest BCUT2D eigenvalue weighted by atomic mass is 32.1. The first-order valence-electron chi connectivity index (χ1n) is 5.25. The van der Waals surface area contributed by atoms with Crippen molar-refractivity contribution in [2.24, 2.45) is 0 Å². The first-order chi connectivity index (χ1) is 8.31. The number of thiophene rings is 1. The van der Waals surface area contributed by atoms with Crippen LogP contribution in [-0.4, -0.2) is 26.2 Å². The molecule has 0 unspecified atom stereocenters. The number of aromatic nitrogens is 4. The predicted molar refractivity (Wildman–Crippen MR) is 61.5 cm³/mol. The van der Waals surface area contributed by atoms with Crippen LogP contribution < -0.4 is 0 Å². The van der Waals surface area contributed by atoms with E-state index in [-0.39, 0.29) is 12.6 Å². The summed E-state index contributed by atoms with van der Waals surface area (Å²) in [6.07, 6.45) is 0.927. The highest BCUT2D eigenvalue weighted by Crippen LogP contribution is 2.08. The van der Waals surface area contributed by atoms with Crippen molar-refractivity contribution >= 4 is 17.3 Å². The van der Waals surface area contributed by atoms with Crippen LogP contribution in [0, 0.1) is 0 Å². The maximum Gasteiger partial charge on any atom is 0.339 e. The summed E-state index contributed by atoms with van der Waals surface area (Å²) in [5.74, 6) is 0.215. The summed E-state index contributed by atoms with van der Waals surface area (Å²) in [4.78, 5) is 11.6. The largest absolute Gasteiger partial charge is 0.454 e. The van der Waals surface area contributed by atoms with E-state index in [4.69, 9.17) is 4.74 Å². The summed E-state index contributed by atoms with van der Waals surface area (Å²) in [7, 11) is 0. The molecule has 2 heterocycles. The normalized spacial score (nSPS) is 10.4. The van der Waals surface area contributed by atoms with Crippen molar-refractivity contribution in [3.63, 3.8) is 0 Å². The maximum atomic E-state index is 11.6. The summed E-state index contributed by atoms with van der Waals surface area (Å²) >= 11 is 1.46. The van der Waals surface area contributed by atoms with Crippen LogP contribution in [0.2, 0.25) is 0 Å². The molecule has 2 aromatic rings. The van der Waals surface area contributed by atoms with Gasteiger partial charge in [0.05, 0.1) is 5.56 Å². The molecule has 0 spiro atoms. The Morgan fingerprint density at radius 3 is 3.18 bits per heavy atom. The summed E-state index contributed by atoms with van der Waals surface area (Å²) in [5.41, 5.74) is 0.560. The van der Waals surface area contributed by atoms with E-state index in [1.807, 2.05) is 12.3 Å². The van der Waals surface area contributed by atoms with Crippen molar-refractivity contribution in [2.45, 2.75) is 26.5 Å². The number of hydrogen-bond donors (Lipinski definition) is 0. The molecule has 0 saturated carbocycles. The van der Waals surface area contributed by atoms with Crippen molar-refractivity contribution in [1.29, 1.82) is 0 Å². The van der Waals surface area contributed by atoms with Gasteiger partial charge in [-0.15, -0.1) is 5.10 Å². The lowest BCUT2D eigenvalue weighted by molar-refractivity contribution is 0.0457. The second kappa shape index (κ2) is 5.53. The molecule has 0 amide bonds. The lowest BCUT2D eigenvalue weighted by atomic mass is 10.3. The maximum absolute atomic E-state index is 11.6. The lowest BCUT2D eigenvalue weighted by Crippen LogP contribution is -2.10. The van der Waals surface area contributed by atoms with E-state index in [0.717, 1.165) is 13.0 Å². The number of carbonyl (C=O) groups is 1. The standard InChI is InChI=1S/C10H12N4O2S/c1-2-4-14-9(11-12-13-14)6-16-10(15)8-3-5-17-7-8/h3,5,7H,2,4,6H2,1H3. The topological polar surface area (TPSA) is 69.9 Å². The van der Waals surface area contributed by atoms with Gasteiger partial charge >= 0.3 is 5.97 Å². The van der Waals surface area contributed by atoms with Crippen molar-refractivity contribution < 1.29 is 9.53 Å². The van der Waals surface area contributed by atoms with Gasteiger partial charge in [-0.1, -0.05) is 6.92 Å². The number of esters is 1. The molecule has 0 saturated heterocycles. The van der Waals surface area contributed by atoms with E-state index in [9.17, 15) is 4.79 Å². The minimum Gasteiger partial charge on any atom is -0.454 e. The number of carbonyl (C=O) groups excluding carboxylic acids is 1. The summed E-state index contributed by atoms with van der Waals surface area (Å²) in [6, 6.07) is 1.72. The number of nitrogens with zero attached hydrogens (tertiary/aromatic N) is 4. The molecule has 0 aliphatic heterocycles. The fourth-order valence-corrected chi connectivity index (χ4v) is 1.93. The Bertz CT molecular complexity index is 480. The van der Waals surface area contributed by atoms with Gasteiger partial charge in [-0.2, -0.15) is 11.3 Å². The van der Waals surface area contributed by atoms with Gasteiger partial charge in [0.15, 0.2) is 12.4 Å². The van der Waals surface area contributed by atoms with E-state index in [1.165, 1.54) is 11.3 Å². The second-order valence-corrected chi connectivity index (χ2v) is 4.19. The van der Waals surface area contributed by atoms with Crippen LogP contribution in [0.25, 0.3) is 0 Å². The zero-order valence-electron chi connectivity index (χ0n) is 9.37. The average molecular weight is 252 g/mol. The molecule has 7 heteroatoms. The quantitative estimate of drug-likeness (QED) is 0.754. The molecule has 0 aromatic carbocycles. The number of hydrogen-bond acceptors (Lipinski definition) is 6. The fourth-order valence-electron chi connectivity index (χ4n) is 1.31. The molecule has 2 aromatic heterocycles. The van der Waals surface area contributed by atoms with Gasteiger partial charge in [0.25, 0.3) is 0 Å². The van der Waals surface area contributed by atoms with Crippen molar-refractivity contribution in [2.75, 3.05) is 0 Å². The van der Waals surface area contributed by atoms with Crippen LogP contribution >= 0.6 is 11.3 Å². The molecule has 0 bridgehead atoms. The molecular formula is C10H12N4O2S. The van der Waals surface area contributed by atoms with E-state index in [0.29, 0.717) is 11.4 Å². The molecular weight excluding hydrogens is 240 g/mol. The van der Waals surface area contributed by atoms with Crippen LogP contribution in [0.1, 0.15) is 29.5 Å². The van der Waals surface area contributed by atoms with Gasteiger partial charge in [-0.3, -0.25) is 0 Å². The smallest absolute Gasteiger partial charge is 0.339 e. The Kier molecular flexibility index (Phi) is 3.81. The van der Waals surface area contributed by atoms with Gasteiger partial charge in [-0.05, 0) is 28.3 Å². The molecule has 0 aliphatic rings. The number of rotatable bonds is 5. The third kappa shape index (κ3) is 2.88. The Morgan fingerprint density at radius 2 is 2.47 bits per heavy atom. The predicted octanol–water partition coefficient (Wildman–Crippen LogP) is 1.50. The molecule has 0 atom stereocenters. The number of tetrazole rings is 1. The van der Waals surface area contributed by atoms with Crippen LogP contribution in [0.4, 0.5) is 0 Å². The van der Waals surface area contributed by atoms with Gasteiger partial charge < -0.3 is 4.74 Å². The molecule has 0 aliphatic carbocycles. The molecule has 17 heavy (non-hydrogen) atoms. The van der Waals surface area contributed by atoms with Gasteiger partial charge in [-0.25, -0.2) is 9.48 Å². The summed E-state index contributed by atoms with van der Waals surface area (Å²) < 4.78 is 6.76. The van der Waals surface area contributed by atoms with E-state index >= 15 is 0 Å². The molecule has 0 radical (unpaired) electrons. The Labute approximate surface area is 102 Å². The SMILES string of the molecule is CCCn1nnnc1COC(=O)c1ccsc1. The van der Waals surface area contributed by atoms with E-state index in [2.05, 4.69) is 15.5 Å². The molecule has 2 rings (SSSR count). The minimum atomic E-state index is -0.350. The van der Waals surface area contributed by atoms with E-state index in [1.54, 1.807) is 16.1 Å². The summed E-state index contributed by atoms with van der Waals surface area (Å²) in [5, 5.41) is 14.8. The van der Waals surface area contributed by atoms with Crippen LogP contribution in [0.3, 0.4) is 0 Å². The molecule has 6 nitrogen and oxygen atoms in total. The lowest BCUT2D eigenvalue weighted by Gasteiger charge is -2.03. The van der Waals surface area contributed by atoms with Gasteiger partial charge in [0.1, 0.15) is 0 Å². The molecule has 0 N–H and O–H groups in total. The zero-order chi connectivity index (χ0) is 12.1. The van der Waals surface area contributed by atoms with Gasteiger partial charge in [0, 0.05) is 11.9 Å². The fraction of sp³-hybridized carbons (Fsp3) is 0.400. The molecule has 90 valence electrons. The van der Waals surface area contributed by atoms with Crippen LogP contribution in [-0.2, 0) is 17.9 Å². The van der Waals surface area contributed by atoms with Crippen LogP contribution in [0.15, 0.2) is 16.8 Å². The van der Waals surface area contributed by atoms with Gasteiger partial charge in [0.2, 0.25) is 0 Å². The van der Waals surface area contributed by atoms with E-state index < -0.39 is 0 Å².